The molecule has 0 aliphatic rings. The molecule has 0 aliphatic carbocycles. The van der Waals surface area contributed by atoms with Crippen LogP contribution in [0.5, 0.6) is 11.5 Å². The van der Waals surface area contributed by atoms with Crippen molar-refractivity contribution in [2.45, 2.75) is 50.5 Å². The predicted molar refractivity (Wildman–Crippen MR) is 107 cm³/mol. The summed E-state index contributed by atoms with van der Waals surface area (Å²) in [5.41, 5.74) is 0.235. The number of hydrogen-bond donors (Lipinski definition) is 1. The Balaban J connectivity index is 2.08. The third-order valence-corrected chi connectivity index (χ3v) is 5.97. The first-order valence-electron chi connectivity index (χ1n) is 8.86. The van der Waals surface area contributed by atoms with Gasteiger partial charge in [-0.05, 0) is 49.7 Å². The van der Waals surface area contributed by atoms with E-state index >= 15 is 0 Å². The zero-order valence-corrected chi connectivity index (χ0v) is 17.0. The predicted octanol–water partition coefficient (Wildman–Crippen LogP) is 5.25. The summed E-state index contributed by atoms with van der Waals surface area (Å²) in [7, 11) is -3.58. The highest BCUT2D eigenvalue weighted by molar-refractivity contribution is 7.89. The monoisotopic (exact) mass is 406 g/mol. The van der Waals surface area contributed by atoms with Gasteiger partial charge in [-0.2, -0.15) is 5.26 Å². The van der Waals surface area contributed by atoms with E-state index in [-0.39, 0.29) is 16.5 Å². The normalized spacial score (nSPS) is 12.4. The lowest BCUT2D eigenvalue weighted by atomic mass is 10.1. The Morgan fingerprint density at radius 1 is 1.19 bits per heavy atom. The van der Waals surface area contributed by atoms with Crippen LogP contribution in [0.15, 0.2) is 47.4 Å². The van der Waals surface area contributed by atoms with Crippen molar-refractivity contribution in [3.05, 3.63) is 53.1 Å². The van der Waals surface area contributed by atoms with E-state index < -0.39 is 10.0 Å². The zero-order valence-electron chi connectivity index (χ0n) is 15.4. The van der Waals surface area contributed by atoms with Gasteiger partial charge in [-0.1, -0.05) is 43.9 Å². The van der Waals surface area contributed by atoms with E-state index in [9.17, 15) is 13.7 Å². The molecule has 0 aliphatic heterocycles. The second-order valence-corrected chi connectivity index (χ2v) is 8.44. The van der Waals surface area contributed by atoms with E-state index in [1.807, 2.05) is 13.0 Å². The first-order chi connectivity index (χ1) is 12.9. The first-order valence-corrected chi connectivity index (χ1v) is 10.7. The summed E-state index contributed by atoms with van der Waals surface area (Å²) in [6.45, 7) is 3.98. The number of nitrogens with zero attached hydrogens (tertiary/aromatic N) is 1. The van der Waals surface area contributed by atoms with Crippen molar-refractivity contribution in [3.63, 3.8) is 0 Å². The Bertz CT molecular complexity index is 906. The quantitative estimate of drug-likeness (QED) is 0.576. The van der Waals surface area contributed by atoms with Crippen molar-refractivity contribution < 1.29 is 13.2 Å². The minimum atomic E-state index is -3.58. The van der Waals surface area contributed by atoms with Crippen molar-refractivity contribution in [2.24, 2.45) is 0 Å². The molecule has 1 atom stereocenters. The van der Waals surface area contributed by atoms with Gasteiger partial charge >= 0.3 is 0 Å². The van der Waals surface area contributed by atoms with Gasteiger partial charge in [0.15, 0.2) is 0 Å². The number of benzene rings is 2. The van der Waals surface area contributed by atoms with Gasteiger partial charge in [-0.3, -0.25) is 0 Å². The Morgan fingerprint density at radius 3 is 2.52 bits per heavy atom. The van der Waals surface area contributed by atoms with E-state index in [1.54, 1.807) is 30.3 Å². The largest absolute Gasteiger partial charge is 0.456 e. The highest BCUT2D eigenvalue weighted by atomic mass is 35.5. The van der Waals surface area contributed by atoms with Crippen molar-refractivity contribution in [1.82, 2.24) is 4.72 Å². The molecule has 144 valence electrons. The summed E-state index contributed by atoms with van der Waals surface area (Å²) in [6.07, 6.45) is 3.99. The molecule has 0 fully saturated rings. The number of ether oxygens (including phenoxy) is 1. The van der Waals surface area contributed by atoms with Crippen LogP contribution in [0, 0.1) is 11.3 Å². The number of hydrogen-bond acceptors (Lipinski definition) is 4. The lowest BCUT2D eigenvalue weighted by Crippen LogP contribution is -2.32. The molecular formula is C20H23ClN2O3S. The maximum Gasteiger partial charge on any atom is 0.240 e. The van der Waals surface area contributed by atoms with Crippen LogP contribution >= 0.6 is 11.6 Å². The third-order valence-electron chi connectivity index (χ3n) is 4.05. The second-order valence-electron chi connectivity index (χ2n) is 6.32. The number of sulfonamides is 1. The van der Waals surface area contributed by atoms with Crippen LogP contribution in [0.3, 0.4) is 0 Å². The summed E-state index contributed by atoms with van der Waals surface area (Å²) in [5, 5.41) is 9.49. The van der Waals surface area contributed by atoms with Crippen molar-refractivity contribution >= 4 is 21.6 Å². The highest BCUT2D eigenvalue weighted by Gasteiger charge is 2.17. The molecule has 0 aromatic heterocycles. The van der Waals surface area contributed by atoms with Crippen molar-refractivity contribution in [3.8, 4) is 17.6 Å². The van der Waals surface area contributed by atoms with Gasteiger partial charge in [0.1, 0.15) is 23.1 Å². The molecule has 0 spiro atoms. The van der Waals surface area contributed by atoms with Crippen LogP contribution in [0.1, 0.15) is 45.1 Å². The van der Waals surface area contributed by atoms with E-state index in [0.717, 1.165) is 25.7 Å². The molecule has 1 unspecified atom stereocenters. The summed E-state index contributed by atoms with van der Waals surface area (Å²) >= 11 is 5.98. The highest BCUT2D eigenvalue weighted by Crippen LogP contribution is 2.30. The Kier molecular flexibility index (Phi) is 7.66. The van der Waals surface area contributed by atoms with Crippen molar-refractivity contribution in [1.29, 1.82) is 5.26 Å². The maximum atomic E-state index is 12.5. The standard InChI is InChI=1S/C20H23ClN2O3S/c1-3-4-5-7-15(2)23-27(24,25)17-12-10-16(11-13-17)26-20-9-6-8-19(21)18(20)14-22/h6,8-13,15,23H,3-5,7H2,1-2H3. The molecule has 2 aromatic carbocycles. The SMILES string of the molecule is CCCCCC(C)NS(=O)(=O)c1ccc(Oc2cccc(Cl)c2C#N)cc1. The van der Waals surface area contributed by atoms with E-state index in [4.69, 9.17) is 16.3 Å². The summed E-state index contributed by atoms with van der Waals surface area (Å²) in [5.74, 6) is 0.743. The van der Waals surface area contributed by atoms with Crippen LogP contribution in [0.2, 0.25) is 5.02 Å². The molecule has 0 saturated carbocycles. The number of unbranched alkanes of at least 4 members (excludes halogenated alkanes) is 2. The third kappa shape index (κ3) is 5.96. The fourth-order valence-corrected chi connectivity index (χ4v) is 4.09. The molecule has 5 nitrogen and oxygen atoms in total. The van der Waals surface area contributed by atoms with Gasteiger partial charge in [0.2, 0.25) is 10.0 Å². The minimum Gasteiger partial charge on any atom is -0.456 e. The number of nitriles is 1. The van der Waals surface area contributed by atoms with Crippen molar-refractivity contribution in [2.75, 3.05) is 0 Å². The summed E-state index contributed by atoms with van der Waals surface area (Å²) in [6, 6.07) is 12.9. The van der Waals surface area contributed by atoms with Gasteiger partial charge < -0.3 is 4.74 Å². The van der Waals surface area contributed by atoms with Crippen LogP contribution < -0.4 is 9.46 Å². The van der Waals surface area contributed by atoms with Gasteiger partial charge in [-0.25, -0.2) is 13.1 Å². The molecule has 0 bridgehead atoms. The van der Waals surface area contributed by atoms with E-state index in [1.165, 1.54) is 12.1 Å². The van der Waals surface area contributed by atoms with E-state index in [0.29, 0.717) is 16.5 Å². The van der Waals surface area contributed by atoms with Gasteiger partial charge in [0.05, 0.1) is 9.92 Å². The molecule has 2 rings (SSSR count). The van der Waals surface area contributed by atoms with Gasteiger partial charge in [-0.15, -0.1) is 0 Å². The smallest absolute Gasteiger partial charge is 0.240 e. The molecule has 2 aromatic rings. The molecule has 0 amide bonds. The summed E-state index contributed by atoms with van der Waals surface area (Å²) < 4.78 is 33.3. The summed E-state index contributed by atoms with van der Waals surface area (Å²) in [4.78, 5) is 0.170. The van der Waals surface area contributed by atoms with E-state index in [2.05, 4.69) is 11.6 Å². The molecular weight excluding hydrogens is 384 g/mol. The molecule has 0 saturated heterocycles. The van der Waals surface area contributed by atoms with Crippen LogP contribution in [-0.2, 0) is 10.0 Å². The fraction of sp³-hybridized carbons (Fsp3) is 0.350. The first kappa shape index (κ1) is 21.2. The Hall–Kier alpha value is -2.07. The molecule has 1 N–H and O–H groups in total. The minimum absolute atomic E-state index is 0.123. The lowest BCUT2D eigenvalue weighted by molar-refractivity contribution is 0.480. The zero-order chi connectivity index (χ0) is 19.9. The Labute approximate surface area is 166 Å². The average molecular weight is 407 g/mol. The topological polar surface area (TPSA) is 79.2 Å². The second kappa shape index (κ2) is 9.75. The molecule has 0 radical (unpaired) electrons. The average Bonchev–Trinajstić information content (AvgIpc) is 2.62. The number of rotatable bonds is 9. The van der Waals surface area contributed by atoms with Crippen LogP contribution in [-0.4, -0.2) is 14.5 Å². The van der Waals surface area contributed by atoms with Crippen LogP contribution in [0.4, 0.5) is 0 Å². The van der Waals surface area contributed by atoms with Gasteiger partial charge in [0, 0.05) is 6.04 Å². The lowest BCUT2D eigenvalue weighted by Gasteiger charge is -2.14. The maximum absolute atomic E-state index is 12.5. The molecule has 0 heterocycles. The number of halogens is 1. The fourth-order valence-electron chi connectivity index (χ4n) is 2.60. The number of nitrogens with one attached hydrogen (secondary N) is 1. The molecule has 27 heavy (non-hydrogen) atoms. The molecule has 7 heteroatoms. The van der Waals surface area contributed by atoms with Crippen LogP contribution in [0.25, 0.3) is 0 Å². The van der Waals surface area contributed by atoms with Gasteiger partial charge in [0.25, 0.3) is 0 Å². The Morgan fingerprint density at radius 2 is 1.89 bits per heavy atom.